The monoisotopic (exact) mass is 344 g/mol. The molecule has 7 heteroatoms. The summed E-state index contributed by atoms with van der Waals surface area (Å²) in [7, 11) is 0. The first-order chi connectivity index (χ1) is 11.6. The van der Waals surface area contributed by atoms with Crippen LogP contribution in [0.3, 0.4) is 0 Å². The second-order valence-electron chi connectivity index (χ2n) is 5.82. The quantitative estimate of drug-likeness (QED) is 0.865. The predicted octanol–water partition coefficient (Wildman–Crippen LogP) is 1.66. The third-order valence-corrected chi connectivity index (χ3v) is 4.90. The molecule has 2 aromatic rings. The van der Waals surface area contributed by atoms with E-state index in [1.807, 2.05) is 29.8 Å². The minimum atomic E-state index is -0.563. The molecular formula is C17H20N4O2S. The number of pyridine rings is 1. The van der Waals surface area contributed by atoms with Crippen LogP contribution in [0.15, 0.2) is 42.0 Å². The predicted molar refractivity (Wildman–Crippen MR) is 94.2 cm³/mol. The summed E-state index contributed by atoms with van der Waals surface area (Å²) in [6.45, 7) is 3.34. The van der Waals surface area contributed by atoms with Crippen molar-refractivity contribution >= 4 is 28.8 Å². The van der Waals surface area contributed by atoms with Crippen LogP contribution in [0.2, 0.25) is 0 Å². The maximum atomic E-state index is 12.3. The van der Waals surface area contributed by atoms with E-state index in [1.165, 1.54) is 11.3 Å². The van der Waals surface area contributed by atoms with E-state index in [0.29, 0.717) is 4.88 Å². The molecule has 2 amide bonds. The maximum absolute atomic E-state index is 12.3. The van der Waals surface area contributed by atoms with Gasteiger partial charge >= 0.3 is 0 Å². The fourth-order valence-electron chi connectivity index (χ4n) is 2.72. The summed E-state index contributed by atoms with van der Waals surface area (Å²) in [5, 5.41) is 7.59. The lowest BCUT2D eigenvalue weighted by atomic mass is 10.2. The summed E-state index contributed by atoms with van der Waals surface area (Å²) in [5.74, 6) is -0.367. The van der Waals surface area contributed by atoms with Crippen molar-refractivity contribution < 1.29 is 9.59 Å². The molecule has 1 aliphatic heterocycles. The average molecular weight is 344 g/mol. The van der Waals surface area contributed by atoms with E-state index >= 15 is 0 Å². The number of rotatable bonds is 5. The molecule has 0 aliphatic carbocycles. The highest BCUT2D eigenvalue weighted by Crippen LogP contribution is 2.18. The molecule has 126 valence electrons. The number of hydrogen-bond acceptors (Lipinski definition) is 5. The van der Waals surface area contributed by atoms with Gasteiger partial charge in [-0.2, -0.15) is 0 Å². The lowest BCUT2D eigenvalue weighted by molar-refractivity contribution is -0.123. The highest BCUT2D eigenvalue weighted by atomic mass is 32.1. The van der Waals surface area contributed by atoms with Crippen molar-refractivity contribution in [3.63, 3.8) is 0 Å². The second kappa shape index (κ2) is 7.44. The molecule has 2 atom stereocenters. The summed E-state index contributed by atoms with van der Waals surface area (Å²) in [5.41, 5.74) is 1.06. The van der Waals surface area contributed by atoms with Gasteiger partial charge in [0.05, 0.1) is 16.8 Å². The summed E-state index contributed by atoms with van der Waals surface area (Å²) in [6, 6.07) is 7.00. The number of carbonyl (C=O) groups excluding carboxylic acids is 2. The highest BCUT2D eigenvalue weighted by Gasteiger charge is 2.26. The van der Waals surface area contributed by atoms with Crippen molar-refractivity contribution in [2.75, 3.05) is 18.0 Å². The number of amides is 2. The van der Waals surface area contributed by atoms with Crippen LogP contribution < -0.4 is 15.5 Å². The number of carbonyl (C=O) groups is 2. The SMILES string of the molecule is C[C@H](NC(=O)c1cccs1)C(=O)N[C@H]1CCN(c2cccnc2)C1. The molecule has 24 heavy (non-hydrogen) atoms. The van der Waals surface area contributed by atoms with E-state index in [1.54, 1.807) is 19.2 Å². The topological polar surface area (TPSA) is 74.3 Å². The van der Waals surface area contributed by atoms with Crippen molar-refractivity contribution in [3.8, 4) is 0 Å². The molecular weight excluding hydrogens is 324 g/mol. The lowest BCUT2D eigenvalue weighted by Gasteiger charge is -2.20. The van der Waals surface area contributed by atoms with Gasteiger partial charge < -0.3 is 15.5 Å². The fourth-order valence-corrected chi connectivity index (χ4v) is 3.35. The number of thiophene rings is 1. The van der Waals surface area contributed by atoms with Crippen LogP contribution in [0.5, 0.6) is 0 Å². The van der Waals surface area contributed by atoms with Gasteiger partial charge in [0.1, 0.15) is 6.04 Å². The van der Waals surface area contributed by atoms with Crippen LogP contribution in [0.4, 0.5) is 5.69 Å². The Morgan fingerprint density at radius 1 is 1.38 bits per heavy atom. The Kier molecular flexibility index (Phi) is 5.10. The first-order valence-corrected chi connectivity index (χ1v) is 8.81. The lowest BCUT2D eigenvalue weighted by Crippen LogP contribution is -2.48. The van der Waals surface area contributed by atoms with Gasteiger partial charge in [-0.15, -0.1) is 11.3 Å². The van der Waals surface area contributed by atoms with Crippen LogP contribution in [-0.4, -0.2) is 42.0 Å². The van der Waals surface area contributed by atoms with Gasteiger partial charge in [0.15, 0.2) is 0 Å². The number of aromatic nitrogens is 1. The van der Waals surface area contributed by atoms with Crippen LogP contribution in [-0.2, 0) is 4.79 Å². The standard InChI is InChI=1S/C17H20N4O2S/c1-12(19-17(23)15-5-3-9-24-15)16(22)20-13-6-8-21(11-13)14-4-2-7-18-10-14/h2-5,7,9-10,12-13H,6,8,11H2,1H3,(H,19,23)(H,20,22)/t12-,13-/m0/s1. The zero-order chi connectivity index (χ0) is 16.9. The highest BCUT2D eigenvalue weighted by molar-refractivity contribution is 7.12. The molecule has 0 bridgehead atoms. The molecule has 1 fully saturated rings. The Balaban J connectivity index is 1.49. The van der Waals surface area contributed by atoms with Crippen molar-refractivity contribution in [2.45, 2.75) is 25.4 Å². The van der Waals surface area contributed by atoms with E-state index in [-0.39, 0.29) is 17.9 Å². The molecule has 0 radical (unpaired) electrons. The molecule has 0 aromatic carbocycles. The number of nitrogens with one attached hydrogen (secondary N) is 2. The molecule has 2 N–H and O–H groups in total. The Bertz CT molecular complexity index is 690. The van der Waals surface area contributed by atoms with Gasteiger partial charge in [0, 0.05) is 25.3 Å². The van der Waals surface area contributed by atoms with E-state index in [0.717, 1.165) is 25.2 Å². The Morgan fingerprint density at radius 3 is 2.96 bits per heavy atom. The zero-order valence-corrected chi connectivity index (χ0v) is 14.3. The van der Waals surface area contributed by atoms with Crippen molar-refractivity contribution in [1.29, 1.82) is 0 Å². The second-order valence-corrected chi connectivity index (χ2v) is 6.77. The van der Waals surface area contributed by atoms with E-state index in [2.05, 4.69) is 20.5 Å². The molecule has 0 spiro atoms. The molecule has 3 rings (SSSR count). The maximum Gasteiger partial charge on any atom is 0.261 e. The van der Waals surface area contributed by atoms with Gasteiger partial charge in [-0.05, 0) is 36.9 Å². The van der Waals surface area contributed by atoms with Gasteiger partial charge in [0.25, 0.3) is 5.91 Å². The molecule has 2 aromatic heterocycles. The fraction of sp³-hybridized carbons (Fsp3) is 0.353. The molecule has 0 saturated carbocycles. The van der Waals surface area contributed by atoms with Crippen LogP contribution in [0.1, 0.15) is 23.0 Å². The third-order valence-electron chi connectivity index (χ3n) is 4.03. The molecule has 6 nitrogen and oxygen atoms in total. The van der Waals surface area contributed by atoms with Crippen molar-refractivity contribution in [3.05, 3.63) is 46.9 Å². The van der Waals surface area contributed by atoms with E-state index < -0.39 is 6.04 Å². The van der Waals surface area contributed by atoms with Gasteiger partial charge in [0.2, 0.25) is 5.91 Å². The Labute approximate surface area is 144 Å². The molecule has 3 heterocycles. The molecule has 1 saturated heterocycles. The number of anilines is 1. The summed E-state index contributed by atoms with van der Waals surface area (Å²) < 4.78 is 0. The summed E-state index contributed by atoms with van der Waals surface area (Å²) in [6.07, 6.45) is 4.46. The van der Waals surface area contributed by atoms with Crippen LogP contribution >= 0.6 is 11.3 Å². The van der Waals surface area contributed by atoms with Crippen molar-refractivity contribution in [1.82, 2.24) is 15.6 Å². The largest absolute Gasteiger partial charge is 0.368 e. The average Bonchev–Trinajstić information content (AvgIpc) is 3.27. The molecule has 0 unspecified atom stereocenters. The third kappa shape index (κ3) is 3.91. The Hall–Kier alpha value is -2.41. The summed E-state index contributed by atoms with van der Waals surface area (Å²) in [4.78, 5) is 31.2. The van der Waals surface area contributed by atoms with Crippen LogP contribution in [0, 0.1) is 0 Å². The summed E-state index contributed by atoms with van der Waals surface area (Å²) >= 11 is 1.36. The normalized spacial score (nSPS) is 18.2. The molecule has 1 aliphatic rings. The minimum Gasteiger partial charge on any atom is -0.368 e. The smallest absolute Gasteiger partial charge is 0.261 e. The number of nitrogens with zero attached hydrogens (tertiary/aromatic N) is 2. The Morgan fingerprint density at radius 2 is 2.25 bits per heavy atom. The van der Waals surface area contributed by atoms with Crippen LogP contribution in [0.25, 0.3) is 0 Å². The zero-order valence-electron chi connectivity index (χ0n) is 13.4. The van der Waals surface area contributed by atoms with Gasteiger partial charge in [-0.3, -0.25) is 14.6 Å². The van der Waals surface area contributed by atoms with Gasteiger partial charge in [-0.1, -0.05) is 6.07 Å². The number of hydrogen-bond donors (Lipinski definition) is 2. The first kappa shape index (κ1) is 16.4. The first-order valence-electron chi connectivity index (χ1n) is 7.93. The van der Waals surface area contributed by atoms with E-state index in [4.69, 9.17) is 0 Å². The van der Waals surface area contributed by atoms with Gasteiger partial charge in [-0.25, -0.2) is 0 Å². The van der Waals surface area contributed by atoms with Crippen molar-refractivity contribution in [2.24, 2.45) is 0 Å². The minimum absolute atomic E-state index is 0.0822. The van der Waals surface area contributed by atoms with E-state index in [9.17, 15) is 9.59 Å².